The molecule has 3 rings (SSSR count). The third kappa shape index (κ3) is 2.82. The molecular formula is C19H19FN2O3S. The van der Waals surface area contributed by atoms with Crippen LogP contribution >= 0.6 is 11.3 Å². The van der Waals surface area contributed by atoms with Gasteiger partial charge in [-0.3, -0.25) is 9.36 Å². The molecule has 0 atom stereocenters. The number of thiophene rings is 1. The zero-order chi connectivity index (χ0) is 19.2. The molecule has 7 heteroatoms. The molecule has 0 spiro atoms. The first-order chi connectivity index (χ1) is 12.1. The van der Waals surface area contributed by atoms with Crippen molar-refractivity contribution in [2.45, 2.75) is 39.2 Å². The van der Waals surface area contributed by atoms with Crippen molar-refractivity contribution < 1.29 is 14.3 Å². The Morgan fingerprint density at radius 1 is 1.27 bits per heavy atom. The van der Waals surface area contributed by atoms with Gasteiger partial charge in [0.05, 0.1) is 5.39 Å². The third-order valence-corrected chi connectivity index (χ3v) is 5.26. The van der Waals surface area contributed by atoms with Crippen molar-refractivity contribution in [3.63, 3.8) is 0 Å². The molecule has 1 aromatic carbocycles. The van der Waals surface area contributed by atoms with Gasteiger partial charge in [0, 0.05) is 16.9 Å². The molecule has 136 valence electrons. The van der Waals surface area contributed by atoms with Gasteiger partial charge in [0.25, 0.3) is 5.56 Å². The molecule has 0 aliphatic rings. The lowest BCUT2D eigenvalue weighted by molar-refractivity contribution is -0.146. The lowest BCUT2D eigenvalue weighted by Gasteiger charge is -2.27. The van der Waals surface area contributed by atoms with Crippen LogP contribution in [0.5, 0.6) is 0 Å². The highest BCUT2D eigenvalue weighted by Crippen LogP contribution is 2.33. The Labute approximate surface area is 153 Å². The van der Waals surface area contributed by atoms with Crippen LogP contribution in [0.2, 0.25) is 0 Å². The van der Waals surface area contributed by atoms with Crippen LogP contribution in [-0.2, 0) is 10.3 Å². The zero-order valence-electron chi connectivity index (χ0n) is 14.9. The van der Waals surface area contributed by atoms with E-state index in [4.69, 9.17) is 0 Å². The lowest BCUT2D eigenvalue weighted by atomic mass is 10.0. The van der Waals surface area contributed by atoms with Gasteiger partial charge < -0.3 is 5.11 Å². The second-order valence-electron chi connectivity index (χ2n) is 6.97. The number of nitrogens with zero attached hydrogens (tertiary/aromatic N) is 2. The van der Waals surface area contributed by atoms with Gasteiger partial charge in [0.15, 0.2) is 0 Å². The lowest BCUT2D eigenvalue weighted by Crippen LogP contribution is -2.45. The molecule has 3 aromatic rings. The van der Waals surface area contributed by atoms with Crippen LogP contribution in [0, 0.1) is 5.82 Å². The molecule has 2 aromatic heterocycles. The van der Waals surface area contributed by atoms with Crippen molar-refractivity contribution in [1.29, 1.82) is 0 Å². The Bertz CT molecular complexity index is 1050. The molecule has 0 fully saturated rings. The maximum absolute atomic E-state index is 13.3. The quantitative estimate of drug-likeness (QED) is 0.743. The first-order valence-electron chi connectivity index (χ1n) is 8.18. The molecule has 0 unspecified atom stereocenters. The van der Waals surface area contributed by atoms with E-state index in [1.165, 1.54) is 41.9 Å². The van der Waals surface area contributed by atoms with E-state index in [9.17, 15) is 19.1 Å². The highest BCUT2D eigenvalue weighted by Gasteiger charge is 2.35. The van der Waals surface area contributed by atoms with Crippen molar-refractivity contribution in [2.24, 2.45) is 0 Å². The molecule has 0 saturated carbocycles. The fraction of sp³-hybridized carbons (Fsp3) is 0.316. The molecule has 0 aliphatic heterocycles. The maximum atomic E-state index is 13.3. The van der Waals surface area contributed by atoms with Crippen LogP contribution in [0.15, 0.2) is 34.4 Å². The molecule has 2 heterocycles. The summed E-state index contributed by atoms with van der Waals surface area (Å²) in [6.07, 6.45) is 0. The maximum Gasteiger partial charge on any atom is 0.329 e. The van der Waals surface area contributed by atoms with Gasteiger partial charge >= 0.3 is 5.97 Å². The van der Waals surface area contributed by atoms with E-state index in [2.05, 4.69) is 4.98 Å². The summed E-state index contributed by atoms with van der Waals surface area (Å²) in [6, 6.07) is 5.85. The Morgan fingerprint density at radius 3 is 2.42 bits per heavy atom. The molecule has 0 aliphatic carbocycles. The Balaban J connectivity index is 2.40. The molecule has 26 heavy (non-hydrogen) atoms. The Morgan fingerprint density at radius 2 is 1.88 bits per heavy atom. The Kier molecular flexibility index (Phi) is 4.44. The second kappa shape index (κ2) is 6.32. The number of hydrogen-bond donors (Lipinski definition) is 1. The van der Waals surface area contributed by atoms with Crippen LogP contribution in [-0.4, -0.2) is 20.6 Å². The van der Waals surface area contributed by atoms with Crippen molar-refractivity contribution in [3.8, 4) is 11.1 Å². The predicted octanol–water partition coefficient (Wildman–Crippen LogP) is 4.21. The first-order valence-corrected chi connectivity index (χ1v) is 9.06. The van der Waals surface area contributed by atoms with E-state index in [1.807, 2.05) is 13.8 Å². The van der Waals surface area contributed by atoms with E-state index < -0.39 is 17.1 Å². The fourth-order valence-corrected chi connectivity index (χ4v) is 3.82. The summed E-state index contributed by atoms with van der Waals surface area (Å²) in [5, 5.41) is 11.8. The number of rotatable bonds is 4. The average Bonchev–Trinajstić information content (AvgIpc) is 2.99. The summed E-state index contributed by atoms with van der Waals surface area (Å²) in [5.41, 5.74) is -0.521. The number of aliphatic carboxylic acids is 1. The van der Waals surface area contributed by atoms with Gasteiger partial charge in [-0.2, -0.15) is 0 Å². The summed E-state index contributed by atoms with van der Waals surface area (Å²) in [5.74, 6) is -1.16. The molecule has 0 saturated heterocycles. The highest BCUT2D eigenvalue weighted by molar-refractivity contribution is 7.17. The average molecular weight is 374 g/mol. The highest BCUT2D eigenvalue weighted by atomic mass is 32.1. The number of aromatic nitrogens is 2. The number of carbonyl (C=O) groups is 1. The summed E-state index contributed by atoms with van der Waals surface area (Å²) >= 11 is 1.32. The normalized spacial score (nSPS) is 12.1. The van der Waals surface area contributed by atoms with E-state index in [0.29, 0.717) is 27.2 Å². The predicted molar refractivity (Wildman–Crippen MR) is 100 cm³/mol. The van der Waals surface area contributed by atoms with Gasteiger partial charge in [0.2, 0.25) is 0 Å². The van der Waals surface area contributed by atoms with Crippen molar-refractivity contribution >= 4 is 27.5 Å². The first kappa shape index (κ1) is 18.3. The molecular weight excluding hydrogens is 355 g/mol. The van der Waals surface area contributed by atoms with Gasteiger partial charge in [-0.1, -0.05) is 26.0 Å². The van der Waals surface area contributed by atoms with Crippen LogP contribution < -0.4 is 5.56 Å². The number of carboxylic acid groups (broad SMARTS) is 1. The molecule has 1 N–H and O–H groups in total. The minimum Gasteiger partial charge on any atom is -0.480 e. The van der Waals surface area contributed by atoms with E-state index in [-0.39, 0.29) is 11.7 Å². The molecule has 0 radical (unpaired) electrons. The van der Waals surface area contributed by atoms with E-state index >= 15 is 0 Å². The summed E-state index contributed by atoms with van der Waals surface area (Å²) in [4.78, 5) is 30.3. The molecule has 0 bridgehead atoms. The third-order valence-electron chi connectivity index (χ3n) is 4.39. The minimum atomic E-state index is -1.44. The number of hydrogen-bond acceptors (Lipinski definition) is 4. The number of carboxylic acids is 1. The molecule has 0 amide bonds. The van der Waals surface area contributed by atoms with Gasteiger partial charge in [0.1, 0.15) is 22.0 Å². The zero-order valence-corrected chi connectivity index (χ0v) is 15.7. The fourth-order valence-electron chi connectivity index (χ4n) is 2.87. The SMILES string of the molecule is CC(C)c1nc2scc(-c3ccc(F)cc3)c2c(=O)n1C(C)(C)C(=O)O. The van der Waals surface area contributed by atoms with Crippen LogP contribution in [0.1, 0.15) is 39.4 Å². The Hall–Kier alpha value is -2.54. The smallest absolute Gasteiger partial charge is 0.329 e. The van der Waals surface area contributed by atoms with Crippen molar-refractivity contribution in [1.82, 2.24) is 9.55 Å². The standard InChI is InChI=1S/C19H19FN2O3S/c1-10(2)15-21-16-14(17(23)22(15)19(3,4)18(24)25)13(9-26-16)11-5-7-12(20)8-6-11/h5-10H,1-4H3,(H,24,25). The van der Waals surface area contributed by atoms with Gasteiger partial charge in [-0.05, 0) is 31.5 Å². The van der Waals surface area contributed by atoms with Crippen molar-refractivity contribution in [3.05, 3.63) is 51.6 Å². The number of fused-ring (bicyclic) bond motifs is 1. The molecule has 5 nitrogen and oxygen atoms in total. The summed E-state index contributed by atoms with van der Waals surface area (Å²) < 4.78 is 14.5. The summed E-state index contributed by atoms with van der Waals surface area (Å²) in [7, 11) is 0. The van der Waals surface area contributed by atoms with E-state index in [0.717, 1.165) is 0 Å². The van der Waals surface area contributed by atoms with Gasteiger partial charge in [-0.15, -0.1) is 11.3 Å². The van der Waals surface area contributed by atoms with Crippen molar-refractivity contribution in [2.75, 3.05) is 0 Å². The number of halogens is 1. The largest absolute Gasteiger partial charge is 0.480 e. The second-order valence-corrected chi connectivity index (χ2v) is 7.82. The summed E-state index contributed by atoms with van der Waals surface area (Å²) in [6.45, 7) is 6.72. The van der Waals surface area contributed by atoms with Crippen LogP contribution in [0.25, 0.3) is 21.3 Å². The van der Waals surface area contributed by atoms with E-state index in [1.54, 1.807) is 17.5 Å². The van der Waals surface area contributed by atoms with Gasteiger partial charge in [-0.25, -0.2) is 14.2 Å². The topological polar surface area (TPSA) is 72.2 Å². The van der Waals surface area contributed by atoms with Crippen LogP contribution in [0.4, 0.5) is 4.39 Å². The number of benzene rings is 1. The minimum absolute atomic E-state index is 0.123. The monoisotopic (exact) mass is 374 g/mol. The van der Waals surface area contributed by atoms with Crippen LogP contribution in [0.3, 0.4) is 0 Å².